The van der Waals surface area contributed by atoms with Gasteiger partial charge in [0.2, 0.25) is 0 Å². The van der Waals surface area contributed by atoms with Gasteiger partial charge in [-0.3, -0.25) is 4.90 Å². The maximum absolute atomic E-state index is 3.86. The smallest absolute Gasteiger partial charge is 0.0160 e. The molecule has 2 fully saturated rings. The monoisotopic (exact) mass is 222 g/mol. The number of rotatable bonds is 6. The molecule has 2 nitrogen and oxygen atoms in total. The molecule has 2 rings (SSSR count). The Bertz CT molecular complexity index is 231. The molecule has 1 saturated carbocycles. The average molecular weight is 222 g/mol. The van der Waals surface area contributed by atoms with Gasteiger partial charge in [-0.05, 0) is 56.7 Å². The Morgan fingerprint density at radius 1 is 1.44 bits per heavy atom. The first-order valence-corrected chi connectivity index (χ1v) is 6.85. The normalized spacial score (nSPS) is 27.2. The number of piperidine rings is 1. The van der Waals surface area contributed by atoms with Gasteiger partial charge in [0, 0.05) is 13.1 Å². The van der Waals surface area contributed by atoms with Crippen LogP contribution in [0.3, 0.4) is 0 Å². The number of hydrogen-bond donors (Lipinski definition) is 1. The van der Waals surface area contributed by atoms with Gasteiger partial charge in [0.1, 0.15) is 0 Å². The molecule has 92 valence electrons. The highest BCUT2D eigenvalue weighted by Crippen LogP contribution is 2.58. The van der Waals surface area contributed by atoms with Crippen molar-refractivity contribution in [3.8, 4) is 0 Å². The fourth-order valence-corrected chi connectivity index (χ4v) is 3.29. The fraction of sp³-hybridized carbons (Fsp3) is 0.857. The van der Waals surface area contributed by atoms with Crippen molar-refractivity contribution in [2.75, 3.05) is 32.7 Å². The van der Waals surface area contributed by atoms with E-state index in [1.54, 1.807) is 0 Å². The van der Waals surface area contributed by atoms with Crippen LogP contribution >= 0.6 is 0 Å². The first-order chi connectivity index (χ1) is 7.80. The average Bonchev–Trinajstić information content (AvgIpc) is 2.92. The van der Waals surface area contributed by atoms with Crippen LogP contribution in [0.1, 0.15) is 32.6 Å². The first-order valence-electron chi connectivity index (χ1n) is 6.85. The Labute approximate surface area is 100 Å². The molecule has 1 unspecified atom stereocenters. The van der Waals surface area contributed by atoms with Crippen LogP contribution in [0.4, 0.5) is 0 Å². The maximum atomic E-state index is 3.86. The standard InChI is InChI=1S/C14H26N2/c1-3-9-16(10-4-2)12-13-11-14(13)5-7-15-8-6-14/h3,13,15H,1,4-12H2,2H3. The lowest BCUT2D eigenvalue weighted by Gasteiger charge is -2.26. The van der Waals surface area contributed by atoms with Gasteiger partial charge in [-0.2, -0.15) is 0 Å². The van der Waals surface area contributed by atoms with Crippen molar-refractivity contribution >= 4 is 0 Å². The topological polar surface area (TPSA) is 15.3 Å². The summed E-state index contributed by atoms with van der Waals surface area (Å²) >= 11 is 0. The van der Waals surface area contributed by atoms with E-state index in [0.717, 1.165) is 17.9 Å². The molecule has 0 aromatic heterocycles. The lowest BCUT2D eigenvalue weighted by molar-refractivity contribution is 0.246. The van der Waals surface area contributed by atoms with E-state index in [4.69, 9.17) is 0 Å². The Kier molecular flexibility index (Phi) is 4.04. The first kappa shape index (κ1) is 12.1. The quantitative estimate of drug-likeness (QED) is 0.694. The van der Waals surface area contributed by atoms with Gasteiger partial charge in [0.25, 0.3) is 0 Å². The van der Waals surface area contributed by atoms with Crippen molar-refractivity contribution in [3.05, 3.63) is 12.7 Å². The molecule has 1 N–H and O–H groups in total. The molecule has 2 aliphatic rings. The second-order valence-corrected chi connectivity index (χ2v) is 5.56. The number of nitrogens with zero attached hydrogens (tertiary/aromatic N) is 1. The van der Waals surface area contributed by atoms with Gasteiger partial charge in [-0.25, -0.2) is 0 Å². The van der Waals surface area contributed by atoms with Crippen molar-refractivity contribution in [3.63, 3.8) is 0 Å². The van der Waals surface area contributed by atoms with E-state index in [9.17, 15) is 0 Å². The third kappa shape index (κ3) is 2.67. The van der Waals surface area contributed by atoms with Crippen LogP contribution in [0.25, 0.3) is 0 Å². The lowest BCUT2D eigenvalue weighted by Crippen LogP contribution is -2.33. The van der Waals surface area contributed by atoms with E-state index >= 15 is 0 Å². The molecule has 1 heterocycles. The van der Waals surface area contributed by atoms with Crippen LogP contribution in [-0.4, -0.2) is 37.6 Å². The zero-order valence-electron chi connectivity index (χ0n) is 10.7. The molecular weight excluding hydrogens is 196 g/mol. The van der Waals surface area contributed by atoms with Gasteiger partial charge in [-0.15, -0.1) is 6.58 Å². The third-order valence-electron chi connectivity index (χ3n) is 4.36. The third-order valence-corrected chi connectivity index (χ3v) is 4.36. The second-order valence-electron chi connectivity index (χ2n) is 5.56. The van der Waals surface area contributed by atoms with Gasteiger partial charge in [0.05, 0.1) is 0 Å². The predicted octanol–water partition coefficient (Wildman–Crippen LogP) is 2.27. The highest BCUT2D eigenvalue weighted by atomic mass is 15.1. The minimum Gasteiger partial charge on any atom is -0.317 e. The summed E-state index contributed by atoms with van der Waals surface area (Å²) in [5, 5.41) is 3.47. The van der Waals surface area contributed by atoms with Gasteiger partial charge >= 0.3 is 0 Å². The highest BCUT2D eigenvalue weighted by Gasteiger charge is 2.53. The van der Waals surface area contributed by atoms with Crippen molar-refractivity contribution in [1.29, 1.82) is 0 Å². The van der Waals surface area contributed by atoms with Crippen molar-refractivity contribution < 1.29 is 0 Å². The SMILES string of the molecule is C=CCN(CCC)CC1CC12CCNCC2. The molecule has 1 aliphatic carbocycles. The molecule has 0 amide bonds. The van der Waals surface area contributed by atoms with E-state index in [0.29, 0.717) is 0 Å². The van der Waals surface area contributed by atoms with E-state index in [-0.39, 0.29) is 0 Å². The summed E-state index contributed by atoms with van der Waals surface area (Å²) in [4.78, 5) is 2.58. The molecule has 2 heteroatoms. The zero-order chi connectivity index (χ0) is 11.4. The van der Waals surface area contributed by atoms with Crippen LogP contribution in [0.15, 0.2) is 12.7 Å². The van der Waals surface area contributed by atoms with E-state index in [1.807, 2.05) is 6.08 Å². The van der Waals surface area contributed by atoms with Crippen LogP contribution in [0, 0.1) is 11.3 Å². The molecule has 0 aromatic carbocycles. The Balaban J connectivity index is 1.78. The summed E-state index contributed by atoms with van der Waals surface area (Å²) in [5.41, 5.74) is 0.735. The van der Waals surface area contributed by atoms with Crippen molar-refractivity contribution in [2.24, 2.45) is 11.3 Å². The Morgan fingerprint density at radius 2 is 2.19 bits per heavy atom. The second kappa shape index (κ2) is 5.33. The fourth-order valence-electron chi connectivity index (χ4n) is 3.29. The van der Waals surface area contributed by atoms with Gasteiger partial charge in [-0.1, -0.05) is 13.0 Å². The Morgan fingerprint density at radius 3 is 2.81 bits per heavy atom. The van der Waals surface area contributed by atoms with E-state index in [2.05, 4.69) is 23.7 Å². The largest absolute Gasteiger partial charge is 0.317 e. The summed E-state index contributed by atoms with van der Waals surface area (Å²) in [6.45, 7) is 12.2. The molecule has 0 radical (unpaired) electrons. The van der Waals surface area contributed by atoms with Crippen LogP contribution in [0.5, 0.6) is 0 Å². The number of hydrogen-bond acceptors (Lipinski definition) is 2. The lowest BCUT2D eigenvalue weighted by atomic mass is 9.92. The molecule has 16 heavy (non-hydrogen) atoms. The summed E-state index contributed by atoms with van der Waals surface area (Å²) in [5.74, 6) is 0.973. The van der Waals surface area contributed by atoms with Gasteiger partial charge in [0.15, 0.2) is 0 Å². The minimum atomic E-state index is 0.735. The molecule has 1 spiro atoms. The summed E-state index contributed by atoms with van der Waals surface area (Å²) in [6.07, 6.45) is 7.60. The van der Waals surface area contributed by atoms with E-state index in [1.165, 1.54) is 51.9 Å². The number of nitrogens with one attached hydrogen (secondary N) is 1. The van der Waals surface area contributed by atoms with E-state index < -0.39 is 0 Å². The Hall–Kier alpha value is -0.340. The maximum Gasteiger partial charge on any atom is 0.0160 e. The van der Waals surface area contributed by atoms with Crippen LogP contribution in [0.2, 0.25) is 0 Å². The predicted molar refractivity (Wildman–Crippen MR) is 69.6 cm³/mol. The zero-order valence-corrected chi connectivity index (χ0v) is 10.7. The highest BCUT2D eigenvalue weighted by molar-refractivity contribution is 5.05. The van der Waals surface area contributed by atoms with Crippen LogP contribution in [-0.2, 0) is 0 Å². The molecule has 0 bridgehead atoms. The summed E-state index contributed by atoms with van der Waals surface area (Å²) < 4.78 is 0. The van der Waals surface area contributed by atoms with Gasteiger partial charge < -0.3 is 5.32 Å². The molecule has 1 saturated heterocycles. The summed E-state index contributed by atoms with van der Waals surface area (Å²) in [6, 6.07) is 0. The van der Waals surface area contributed by atoms with Crippen molar-refractivity contribution in [1.82, 2.24) is 10.2 Å². The minimum absolute atomic E-state index is 0.735. The molecule has 0 aromatic rings. The molecule has 1 atom stereocenters. The van der Waals surface area contributed by atoms with Crippen molar-refractivity contribution in [2.45, 2.75) is 32.6 Å². The summed E-state index contributed by atoms with van der Waals surface area (Å²) in [7, 11) is 0. The van der Waals surface area contributed by atoms with Crippen LogP contribution < -0.4 is 5.32 Å². The molecule has 1 aliphatic heterocycles. The molecular formula is C14H26N2.